The van der Waals surface area contributed by atoms with Crippen molar-refractivity contribution in [1.82, 2.24) is 15.1 Å². The highest BCUT2D eigenvalue weighted by Crippen LogP contribution is 2.26. The van der Waals surface area contributed by atoms with Crippen LogP contribution in [-0.2, 0) is 0 Å². The van der Waals surface area contributed by atoms with Crippen LogP contribution in [0.25, 0.3) is 0 Å². The van der Waals surface area contributed by atoms with Gasteiger partial charge < -0.3 is 25.8 Å². The SMILES string of the molecule is CNc1c(C(N)=O)c(C#Cc2cc(OC)cc(OC)c2)nn1C1CCNC1. The molecular formula is C19H23N5O3. The van der Waals surface area contributed by atoms with Crippen molar-refractivity contribution in [2.45, 2.75) is 12.5 Å². The van der Waals surface area contributed by atoms with Crippen molar-refractivity contribution in [1.29, 1.82) is 0 Å². The lowest BCUT2D eigenvalue weighted by molar-refractivity contribution is 0.100. The molecule has 3 rings (SSSR count). The van der Waals surface area contributed by atoms with E-state index in [2.05, 4.69) is 27.6 Å². The highest BCUT2D eigenvalue weighted by Gasteiger charge is 2.26. The second-order valence-electron chi connectivity index (χ2n) is 6.13. The zero-order chi connectivity index (χ0) is 19.4. The molecule has 1 aromatic carbocycles. The Kier molecular flexibility index (Phi) is 5.52. The van der Waals surface area contributed by atoms with Crippen molar-refractivity contribution in [3.8, 4) is 23.3 Å². The maximum Gasteiger partial charge on any atom is 0.255 e. The van der Waals surface area contributed by atoms with Crippen LogP contribution in [0.2, 0.25) is 0 Å². The summed E-state index contributed by atoms with van der Waals surface area (Å²) in [5.74, 6) is 7.29. The van der Waals surface area contributed by atoms with Gasteiger partial charge in [0.2, 0.25) is 0 Å². The predicted molar refractivity (Wildman–Crippen MR) is 102 cm³/mol. The van der Waals surface area contributed by atoms with E-state index in [4.69, 9.17) is 15.2 Å². The Morgan fingerprint density at radius 3 is 2.52 bits per heavy atom. The topological polar surface area (TPSA) is 103 Å². The van der Waals surface area contributed by atoms with Crippen molar-refractivity contribution in [2.24, 2.45) is 5.73 Å². The van der Waals surface area contributed by atoms with Crippen LogP contribution in [0.15, 0.2) is 18.2 Å². The predicted octanol–water partition coefficient (Wildman–Crippen LogP) is 0.975. The van der Waals surface area contributed by atoms with E-state index in [-0.39, 0.29) is 6.04 Å². The van der Waals surface area contributed by atoms with E-state index in [0.717, 1.165) is 19.5 Å². The van der Waals surface area contributed by atoms with Crippen molar-refractivity contribution in [3.63, 3.8) is 0 Å². The molecule has 1 aliphatic heterocycles. The molecule has 1 aliphatic rings. The molecule has 1 saturated heterocycles. The van der Waals surface area contributed by atoms with Gasteiger partial charge >= 0.3 is 0 Å². The minimum Gasteiger partial charge on any atom is -0.497 e. The average Bonchev–Trinajstić information content (AvgIpc) is 3.32. The van der Waals surface area contributed by atoms with Crippen molar-refractivity contribution >= 4 is 11.7 Å². The first kappa shape index (κ1) is 18.6. The number of carbonyl (C=O) groups excluding carboxylic acids is 1. The lowest BCUT2D eigenvalue weighted by Crippen LogP contribution is -2.18. The third kappa shape index (κ3) is 3.83. The van der Waals surface area contributed by atoms with Crippen LogP contribution in [0, 0.1) is 11.8 Å². The Morgan fingerprint density at radius 1 is 1.30 bits per heavy atom. The fourth-order valence-corrected chi connectivity index (χ4v) is 3.12. The molecule has 0 aliphatic carbocycles. The molecule has 1 fully saturated rings. The maximum atomic E-state index is 12.0. The van der Waals surface area contributed by atoms with Crippen LogP contribution in [0.4, 0.5) is 5.82 Å². The Labute approximate surface area is 158 Å². The highest BCUT2D eigenvalue weighted by atomic mass is 16.5. The molecule has 1 amide bonds. The molecule has 2 heterocycles. The fraction of sp³-hybridized carbons (Fsp3) is 0.368. The van der Waals surface area contributed by atoms with Crippen LogP contribution >= 0.6 is 0 Å². The normalized spacial score (nSPS) is 15.7. The van der Waals surface area contributed by atoms with E-state index in [1.54, 1.807) is 44.1 Å². The number of hydrogen-bond donors (Lipinski definition) is 3. The highest BCUT2D eigenvalue weighted by molar-refractivity contribution is 6.00. The molecule has 0 radical (unpaired) electrons. The number of methoxy groups -OCH3 is 2. The number of hydrogen-bond acceptors (Lipinski definition) is 6. The molecule has 2 aromatic rings. The Hall–Kier alpha value is -3.18. The number of nitrogens with one attached hydrogen (secondary N) is 2. The van der Waals surface area contributed by atoms with Crippen molar-refractivity contribution in [3.05, 3.63) is 35.0 Å². The minimum absolute atomic E-state index is 0.151. The third-order valence-corrected chi connectivity index (χ3v) is 4.45. The third-order valence-electron chi connectivity index (χ3n) is 4.45. The number of rotatable bonds is 5. The monoisotopic (exact) mass is 369 g/mol. The lowest BCUT2D eigenvalue weighted by atomic mass is 10.1. The van der Waals surface area contributed by atoms with E-state index in [0.29, 0.717) is 34.1 Å². The molecule has 142 valence electrons. The summed E-state index contributed by atoms with van der Waals surface area (Å²) >= 11 is 0. The van der Waals surface area contributed by atoms with Gasteiger partial charge in [-0.3, -0.25) is 4.79 Å². The van der Waals surface area contributed by atoms with Gasteiger partial charge in [0.15, 0.2) is 5.69 Å². The second-order valence-corrected chi connectivity index (χ2v) is 6.13. The summed E-state index contributed by atoms with van der Waals surface area (Å²) in [6.45, 7) is 1.69. The van der Waals surface area contributed by atoms with Gasteiger partial charge in [0, 0.05) is 25.2 Å². The van der Waals surface area contributed by atoms with Gasteiger partial charge in [-0.15, -0.1) is 0 Å². The van der Waals surface area contributed by atoms with E-state index >= 15 is 0 Å². The average molecular weight is 369 g/mol. The van der Waals surface area contributed by atoms with E-state index < -0.39 is 5.91 Å². The molecule has 0 saturated carbocycles. The first-order valence-corrected chi connectivity index (χ1v) is 8.63. The van der Waals surface area contributed by atoms with Gasteiger partial charge in [-0.05, 0) is 31.0 Å². The smallest absolute Gasteiger partial charge is 0.255 e. The summed E-state index contributed by atoms with van der Waals surface area (Å²) in [4.78, 5) is 12.0. The number of anilines is 1. The number of carbonyl (C=O) groups is 1. The summed E-state index contributed by atoms with van der Waals surface area (Å²) in [6, 6.07) is 5.49. The van der Waals surface area contributed by atoms with Crippen LogP contribution in [0.5, 0.6) is 11.5 Å². The van der Waals surface area contributed by atoms with E-state index in [1.165, 1.54) is 0 Å². The summed E-state index contributed by atoms with van der Waals surface area (Å²) < 4.78 is 12.3. The maximum absolute atomic E-state index is 12.0. The van der Waals surface area contributed by atoms with Crippen molar-refractivity contribution in [2.75, 3.05) is 39.7 Å². The van der Waals surface area contributed by atoms with Gasteiger partial charge in [-0.25, -0.2) is 4.68 Å². The lowest BCUT2D eigenvalue weighted by Gasteiger charge is -2.13. The molecule has 4 N–H and O–H groups in total. The summed E-state index contributed by atoms with van der Waals surface area (Å²) in [5, 5.41) is 10.9. The Morgan fingerprint density at radius 2 is 2.00 bits per heavy atom. The molecule has 0 spiro atoms. The second kappa shape index (κ2) is 8.01. The molecule has 0 bridgehead atoms. The zero-order valence-corrected chi connectivity index (χ0v) is 15.6. The van der Waals surface area contributed by atoms with E-state index in [9.17, 15) is 4.79 Å². The summed E-state index contributed by atoms with van der Waals surface area (Å²) in [7, 11) is 4.90. The summed E-state index contributed by atoms with van der Waals surface area (Å²) in [6.07, 6.45) is 0.925. The zero-order valence-electron chi connectivity index (χ0n) is 15.6. The van der Waals surface area contributed by atoms with Gasteiger partial charge in [-0.2, -0.15) is 5.10 Å². The van der Waals surface area contributed by atoms with Crippen LogP contribution in [0.1, 0.15) is 34.1 Å². The fourth-order valence-electron chi connectivity index (χ4n) is 3.12. The van der Waals surface area contributed by atoms with Gasteiger partial charge in [0.25, 0.3) is 5.91 Å². The first-order chi connectivity index (χ1) is 13.1. The Balaban J connectivity index is 2.05. The number of aromatic nitrogens is 2. The number of nitrogens with zero attached hydrogens (tertiary/aromatic N) is 2. The van der Waals surface area contributed by atoms with Crippen LogP contribution in [0.3, 0.4) is 0 Å². The molecule has 1 unspecified atom stereocenters. The van der Waals surface area contributed by atoms with Gasteiger partial charge in [0.1, 0.15) is 22.9 Å². The molecular weight excluding hydrogens is 346 g/mol. The number of primary amides is 1. The number of amides is 1. The first-order valence-electron chi connectivity index (χ1n) is 8.63. The van der Waals surface area contributed by atoms with E-state index in [1.807, 2.05) is 0 Å². The standard InChI is InChI=1S/C19H23N5O3/c1-21-19-17(18(20)25)16(23-24(19)13-6-7-22-11-13)5-4-12-8-14(26-2)10-15(9-12)27-3/h8-10,13,21-22H,6-7,11H2,1-3H3,(H2,20,25). The largest absolute Gasteiger partial charge is 0.497 e. The van der Waals surface area contributed by atoms with Gasteiger partial charge in [-0.1, -0.05) is 5.92 Å². The van der Waals surface area contributed by atoms with Crippen LogP contribution in [-0.4, -0.2) is 50.0 Å². The molecule has 8 nitrogen and oxygen atoms in total. The molecule has 8 heteroatoms. The molecule has 27 heavy (non-hydrogen) atoms. The summed E-state index contributed by atoms with van der Waals surface area (Å²) in [5.41, 5.74) is 6.94. The number of nitrogens with two attached hydrogens (primary N) is 1. The van der Waals surface area contributed by atoms with Crippen LogP contribution < -0.4 is 25.8 Å². The quantitative estimate of drug-likeness (QED) is 0.679. The number of benzene rings is 1. The molecule has 1 aromatic heterocycles. The Bertz CT molecular complexity index is 882. The number of ether oxygens (including phenoxy) is 2. The van der Waals surface area contributed by atoms with Crippen molar-refractivity contribution < 1.29 is 14.3 Å². The molecule has 1 atom stereocenters. The minimum atomic E-state index is -0.566. The van der Waals surface area contributed by atoms with Gasteiger partial charge in [0.05, 0.1) is 20.3 Å².